The molecular weight excluding hydrogens is 595 g/mol. The van der Waals surface area contributed by atoms with Crippen LogP contribution in [-0.4, -0.2) is 62.3 Å². The highest BCUT2D eigenvalue weighted by molar-refractivity contribution is 6.36. The zero-order valence-corrected chi connectivity index (χ0v) is 25.5. The van der Waals surface area contributed by atoms with Crippen molar-refractivity contribution in [3.63, 3.8) is 0 Å². The van der Waals surface area contributed by atoms with E-state index in [0.29, 0.717) is 17.9 Å². The second-order valence-corrected chi connectivity index (χ2v) is 12.5. The molecule has 2 aliphatic rings. The summed E-state index contributed by atoms with van der Waals surface area (Å²) in [6.07, 6.45) is 7.62. The summed E-state index contributed by atoms with van der Waals surface area (Å²) >= 11 is 7.08. The third kappa shape index (κ3) is 4.03. The Morgan fingerprint density at radius 1 is 1.13 bits per heavy atom. The minimum atomic E-state index is -0.752. The van der Waals surface area contributed by atoms with Gasteiger partial charge in [-0.2, -0.15) is 24.9 Å². The molecule has 2 fully saturated rings. The summed E-state index contributed by atoms with van der Waals surface area (Å²) in [6.45, 7) is 4.03. The van der Waals surface area contributed by atoms with Crippen LogP contribution in [0.4, 0.5) is 9.18 Å². The highest BCUT2D eigenvalue weighted by Crippen LogP contribution is 2.49. The number of hydrogen-bond acceptors (Lipinski definition) is 6. The maximum atomic E-state index is 14.4. The van der Waals surface area contributed by atoms with E-state index >= 15 is 0 Å². The molecule has 4 aromatic heterocycles. The number of amides is 1. The lowest BCUT2D eigenvalue weighted by atomic mass is 9.94. The van der Waals surface area contributed by atoms with Gasteiger partial charge < -0.3 is 4.90 Å². The van der Waals surface area contributed by atoms with Gasteiger partial charge in [-0.3, -0.25) is 14.5 Å². The molecule has 226 valence electrons. The highest BCUT2D eigenvalue weighted by Gasteiger charge is 2.50. The number of hydrogen-bond donors (Lipinski definition) is 1. The number of aromatic amines is 1. The van der Waals surface area contributed by atoms with Gasteiger partial charge in [0, 0.05) is 46.2 Å². The maximum Gasteiger partial charge on any atom is 0.333 e. The van der Waals surface area contributed by atoms with E-state index in [-0.39, 0.29) is 18.0 Å². The van der Waals surface area contributed by atoms with Crippen LogP contribution in [0.5, 0.6) is 0 Å². The first kappa shape index (κ1) is 27.5. The van der Waals surface area contributed by atoms with E-state index in [1.54, 1.807) is 11.1 Å². The van der Waals surface area contributed by atoms with Gasteiger partial charge in [0.2, 0.25) is 5.95 Å². The number of nitrogens with zero attached hydrogens (tertiary/aromatic N) is 9. The van der Waals surface area contributed by atoms with Gasteiger partial charge in [0.05, 0.1) is 46.8 Å². The quantitative estimate of drug-likeness (QED) is 0.251. The average Bonchev–Trinajstić information content (AvgIpc) is 3.87. The summed E-state index contributed by atoms with van der Waals surface area (Å²) in [5, 5.41) is 29.5. The zero-order chi connectivity index (χ0) is 31.1. The molecule has 4 unspecified atom stereocenters. The summed E-state index contributed by atoms with van der Waals surface area (Å²) in [4.78, 5) is 18.8. The van der Waals surface area contributed by atoms with Crippen molar-refractivity contribution in [3.8, 4) is 28.5 Å². The first-order valence-electron chi connectivity index (χ1n) is 14.8. The molecule has 1 saturated heterocycles. The molecule has 45 heavy (non-hydrogen) atoms. The van der Waals surface area contributed by atoms with Gasteiger partial charge in [-0.15, -0.1) is 0 Å². The molecule has 1 N–H and O–H groups in total. The van der Waals surface area contributed by atoms with Crippen LogP contribution < -0.4 is 0 Å². The van der Waals surface area contributed by atoms with Crippen LogP contribution in [0.15, 0.2) is 49.2 Å². The average molecular weight is 623 g/mol. The smallest absolute Gasteiger partial charge is 0.305 e. The number of aromatic nitrogens is 8. The van der Waals surface area contributed by atoms with Crippen LogP contribution in [0.1, 0.15) is 36.6 Å². The Morgan fingerprint density at radius 2 is 1.98 bits per heavy atom. The number of nitriles is 1. The third-order valence-corrected chi connectivity index (χ3v) is 10.1. The number of aryl methyl sites for hydroxylation is 2. The fraction of sp³-hybridized carbons (Fsp3) is 0.312. The molecule has 8 rings (SSSR count). The van der Waals surface area contributed by atoms with Crippen molar-refractivity contribution in [2.45, 2.75) is 51.2 Å². The molecule has 2 aromatic carbocycles. The molecule has 13 heteroatoms. The number of carbonyl (C=O) groups is 1. The predicted octanol–water partition coefficient (Wildman–Crippen LogP) is 6.17. The van der Waals surface area contributed by atoms with Gasteiger partial charge in [0.25, 0.3) is 0 Å². The van der Waals surface area contributed by atoms with E-state index in [0.717, 1.165) is 79.0 Å². The van der Waals surface area contributed by atoms with Crippen LogP contribution in [0, 0.1) is 37.0 Å². The van der Waals surface area contributed by atoms with E-state index in [1.807, 2.05) is 37.0 Å². The van der Waals surface area contributed by atoms with E-state index in [9.17, 15) is 14.4 Å². The Kier molecular flexibility index (Phi) is 6.12. The zero-order valence-electron chi connectivity index (χ0n) is 24.7. The van der Waals surface area contributed by atoms with Gasteiger partial charge in [-0.1, -0.05) is 17.7 Å². The van der Waals surface area contributed by atoms with Crippen LogP contribution in [0.3, 0.4) is 0 Å². The largest absolute Gasteiger partial charge is 0.333 e. The van der Waals surface area contributed by atoms with Gasteiger partial charge in [-0.05, 0) is 62.8 Å². The lowest BCUT2D eigenvalue weighted by Gasteiger charge is -2.27. The minimum absolute atomic E-state index is 0.0550. The second-order valence-electron chi connectivity index (χ2n) is 12.1. The van der Waals surface area contributed by atoms with E-state index < -0.39 is 18.0 Å². The number of imidazole rings is 1. The number of likely N-dealkylation sites (tertiary alicyclic amines) is 1. The minimum Gasteiger partial charge on any atom is -0.305 e. The molecule has 0 bridgehead atoms. The number of halogens is 2. The third-order valence-electron chi connectivity index (χ3n) is 9.65. The van der Waals surface area contributed by atoms with Crippen molar-refractivity contribution in [1.29, 1.82) is 5.26 Å². The summed E-state index contributed by atoms with van der Waals surface area (Å²) < 4.78 is 19.1. The summed E-state index contributed by atoms with van der Waals surface area (Å²) in [6, 6.07) is 8.96. The molecule has 1 amide bonds. The number of fused-ring (bicyclic) bond motifs is 3. The van der Waals surface area contributed by atoms with Crippen molar-refractivity contribution < 1.29 is 9.18 Å². The number of H-pyrrole nitrogens is 1. The monoisotopic (exact) mass is 622 g/mol. The fourth-order valence-corrected chi connectivity index (χ4v) is 7.82. The molecular formula is C32H28ClFN10O. The lowest BCUT2D eigenvalue weighted by molar-refractivity contribution is 0.176. The van der Waals surface area contributed by atoms with Crippen molar-refractivity contribution in [2.75, 3.05) is 0 Å². The van der Waals surface area contributed by atoms with E-state index in [4.69, 9.17) is 16.7 Å². The Balaban J connectivity index is 1.26. The Morgan fingerprint density at radius 3 is 2.76 bits per heavy atom. The van der Waals surface area contributed by atoms with Crippen molar-refractivity contribution in [2.24, 2.45) is 13.0 Å². The van der Waals surface area contributed by atoms with Gasteiger partial charge in [0.15, 0.2) is 0 Å². The molecule has 4 atom stereocenters. The molecule has 1 aliphatic heterocycles. The molecule has 1 aliphatic carbocycles. The van der Waals surface area contributed by atoms with Gasteiger partial charge in [0.1, 0.15) is 18.1 Å². The summed E-state index contributed by atoms with van der Waals surface area (Å²) in [5.74, 6) is -0.682. The maximum absolute atomic E-state index is 14.4. The number of carbonyl (C=O) groups excluding carboxylic acids is 1. The Labute approximate surface area is 261 Å². The summed E-state index contributed by atoms with van der Waals surface area (Å²) in [7, 11) is 1.91. The van der Waals surface area contributed by atoms with Gasteiger partial charge in [-0.25, -0.2) is 14.3 Å². The molecule has 1 saturated carbocycles. The fourth-order valence-electron chi connectivity index (χ4n) is 7.56. The molecule has 5 heterocycles. The van der Waals surface area contributed by atoms with E-state index in [2.05, 4.69) is 50.1 Å². The van der Waals surface area contributed by atoms with Gasteiger partial charge >= 0.3 is 6.03 Å². The molecule has 0 radical (unpaired) electrons. The van der Waals surface area contributed by atoms with Crippen LogP contribution in [0.2, 0.25) is 5.02 Å². The first-order chi connectivity index (χ1) is 21.7. The first-order valence-corrected chi connectivity index (χ1v) is 15.2. The molecule has 0 spiro atoms. The Hall–Kier alpha value is -5.02. The van der Waals surface area contributed by atoms with Crippen molar-refractivity contribution in [1.82, 2.24) is 44.2 Å². The number of nitrogens with one attached hydrogen (secondary N) is 1. The summed E-state index contributed by atoms with van der Waals surface area (Å²) in [5.41, 5.74) is 7.24. The lowest BCUT2D eigenvalue weighted by Crippen LogP contribution is -2.43. The van der Waals surface area contributed by atoms with Crippen molar-refractivity contribution in [3.05, 3.63) is 71.4 Å². The second kappa shape index (κ2) is 10.0. The van der Waals surface area contributed by atoms with Crippen LogP contribution in [0.25, 0.3) is 44.2 Å². The Bertz CT molecular complexity index is 2200. The predicted molar refractivity (Wildman–Crippen MR) is 166 cm³/mol. The highest BCUT2D eigenvalue weighted by atomic mass is 35.5. The SMILES string of the molecule is Cc1cc2[nH]ncc2c(-c2c(-c3ccc4c(cnn4C)c3)nn(C3CC4CC(C#N)N(C(=O)n5cncc5F)C4C3)c2C)c1Cl. The normalized spacial score (nSPS) is 21.2. The standard InChI is InChI=1S/C32H28ClFN10O/c1-16-6-24-23(13-37-39-24)29(30(16)33)28-17(2)44(40-31(28)18-4-5-25-20(7-18)12-38-41(25)3)21-8-19-9-22(11-35)43(26(19)10-21)32(45)42-15-36-14-27(42)34/h4-7,12-15,19,21-22,26H,8-10H2,1-3H3,(H,37,39). The number of rotatable bonds is 3. The van der Waals surface area contributed by atoms with Crippen molar-refractivity contribution >= 4 is 39.4 Å². The topological polar surface area (TPSA) is 126 Å². The van der Waals surface area contributed by atoms with Crippen LogP contribution in [-0.2, 0) is 7.05 Å². The molecule has 11 nitrogen and oxygen atoms in total. The van der Waals surface area contributed by atoms with Crippen LogP contribution >= 0.6 is 11.6 Å². The molecule has 6 aromatic rings. The number of benzene rings is 2. The van der Waals surface area contributed by atoms with E-state index in [1.165, 1.54) is 0 Å².